The van der Waals surface area contributed by atoms with Crippen molar-refractivity contribution in [2.75, 3.05) is 27.3 Å². The fourth-order valence-corrected chi connectivity index (χ4v) is 1.09. The molecule has 0 fully saturated rings. The maximum absolute atomic E-state index is 11.6. The summed E-state index contributed by atoms with van der Waals surface area (Å²) >= 11 is 0. The standard InChI is InChI=1S/C11H19NO4/c1-5-7-16-11(14)9(12(3)4)8-10(13)15-6-2/h5,9H,1,6-8H2,2-4H3/t9-/m0/s1. The quantitative estimate of drug-likeness (QED) is 0.472. The van der Waals surface area contributed by atoms with Crippen LogP contribution < -0.4 is 0 Å². The lowest BCUT2D eigenvalue weighted by molar-refractivity contribution is -0.154. The van der Waals surface area contributed by atoms with Crippen molar-refractivity contribution in [2.45, 2.75) is 19.4 Å². The normalized spacial score (nSPS) is 12.0. The summed E-state index contributed by atoms with van der Waals surface area (Å²) in [5.41, 5.74) is 0. The number of carbonyl (C=O) groups excluding carboxylic acids is 2. The van der Waals surface area contributed by atoms with Crippen LogP contribution in [0.4, 0.5) is 0 Å². The highest BCUT2D eigenvalue weighted by Crippen LogP contribution is 2.04. The van der Waals surface area contributed by atoms with E-state index in [2.05, 4.69) is 6.58 Å². The van der Waals surface area contributed by atoms with E-state index in [0.717, 1.165) is 0 Å². The van der Waals surface area contributed by atoms with E-state index >= 15 is 0 Å². The van der Waals surface area contributed by atoms with Gasteiger partial charge in [-0.2, -0.15) is 0 Å². The molecule has 0 radical (unpaired) electrons. The van der Waals surface area contributed by atoms with Crippen molar-refractivity contribution in [1.82, 2.24) is 4.90 Å². The van der Waals surface area contributed by atoms with Crippen molar-refractivity contribution in [3.8, 4) is 0 Å². The molecule has 0 aliphatic carbocycles. The molecule has 0 saturated heterocycles. The van der Waals surface area contributed by atoms with Crippen molar-refractivity contribution < 1.29 is 19.1 Å². The number of hydrogen-bond donors (Lipinski definition) is 0. The first-order valence-corrected chi connectivity index (χ1v) is 5.12. The average Bonchev–Trinajstić information content (AvgIpc) is 2.22. The lowest BCUT2D eigenvalue weighted by Gasteiger charge is -2.21. The molecule has 0 saturated carbocycles. The second-order valence-electron chi connectivity index (χ2n) is 3.41. The highest BCUT2D eigenvalue weighted by atomic mass is 16.5. The van der Waals surface area contributed by atoms with Crippen molar-refractivity contribution in [3.05, 3.63) is 12.7 Å². The highest BCUT2D eigenvalue weighted by molar-refractivity contribution is 5.82. The molecule has 16 heavy (non-hydrogen) atoms. The Balaban J connectivity index is 4.31. The Hall–Kier alpha value is -1.36. The molecule has 0 aromatic heterocycles. The van der Waals surface area contributed by atoms with Gasteiger partial charge >= 0.3 is 11.9 Å². The van der Waals surface area contributed by atoms with E-state index in [0.29, 0.717) is 6.61 Å². The Morgan fingerprint density at radius 3 is 2.44 bits per heavy atom. The van der Waals surface area contributed by atoms with E-state index in [1.54, 1.807) is 25.9 Å². The molecule has 0 spiro atoms. The van der Waals surface area contributed by atoms with Gasteiger partial charge in [-0.3, -0.25) is 14.5 Å². The summed E-state index contributed by atoms with van der Waals surface area (Å²) in [6, 6.07) is -0.612. The number of nitrogens with zero attached hydrogens (tertiary/aromatic N) is 1. The third-order valence-electron chi connectivity index (χ3n) is 1.90. The molecule has 0 aromatic rings. The summed E-state index contributed by atoms with van der Waals surface area (Å²) in [7, 11) is 3.41. The number of likely N-dealkylation sites (N-methyl/N-ethyl adjacent to an activating group) is 1. The number of ether oxygens (including phenoxy) is 2. The monoisotopic (exact) mass is 229 g/mol. The van der Waals surface area contributed by atoms with Crippen LogP contribution in [0.3, 0.4) is 0 Å². The Labute approximate surface area is 96.0 Å². The molecule has 1 atom stereocenters. The van der Waals surface area contributed by atoms with E-state index in [1.807, 2.05) is 0 Å². The van der Waals surface area contributed by atoms with E-state index in [-0.39, 0.29) is 13.0 Å². The molecule has 5 nitrogen and oxygen atoms in total. The fourth-order valence-electron chi connectivity index (χ4n) is 1.09. The van der Waals surface area contributed by atoms with E-state index < -0.39 is 18.0 Å². The molecule has 0 rings (SSSR count). The lowest BCUT2D eigenvalue weighted by atomic mass is 10.2. The van der Waals surface area contributed by atoms with Crippen LogP contribution >= 0.6 is 0 Å². The van der Waals surface area contributed by atoms with Crippen LogP contribution in [-0.2, 0) is 19.1 Å². The Morgan fingerprint density at radius 1 is 1.38 bits per heavy atom. The zero-order valence-electron chi connectivity index (χ0n) is 10.1. The van der Waals surface area contributed by atoms with E-state index in [9.17, 15) is 9.59 Å². The predicted octanol–water partition coefficient (Wildman–Crippen LogP) is 0.599. The largest absolute Gasteiger partial charge is 0.466 e. The number of carbonyl (C=O) groups is 2. The predicted molar refractivity (Wildman–Crippen MR) is 59.9 cm³/mol. The molecule has 0 aromatic carbocycles. The van der Waals surface area contributed by atoms with Gasteiger partial charge < -0.3 is 9.47 Å². The summed E-state index contributed by atoms with van der Waals surface area (Å²) in [4.78, 5) is 24.5. The number of esters is 2. The first kappa shape index (κ1) is 14.6. The lowest BCUT2D eigenvalue weighted by Crippen LogP contribution is -2.39. The molecular weight excluding hydrogens is 210 g/mol. The van der Waals surface area contributed by atoms with Gasteiger partial charge in [0.25, 0.3) is 0 Å². The van der Waals surface area contributed by atoms with Crippen molar-refractivity contribution >= 4 is 11.9 Å². The fraction of sp³-hybridized carbons (Fsp3) is 0.636. The minimum atomic E-state index is -0.612. The molecule has 0 heterocycles. The van der Waals surface area contributed by atoms with Crippen molar-refractivity contribution in [3.63, 3.8) is 0 Å². The smallest absolute Gasteiger partial charge is 0.324 e. The van der Waals surface area contributed by atoms with Gasteiger partial charge in [0.15, 0.2) is 0 Å². The first-order valence-electron chi connectivity index (χ1n) is 5.12. The molecular formula is C11H19NO4. The Morgan fingerprint density at radius 2 is 2.00 bits per heavy atom. The van der Waals surface area contributed by atoms with Gasteiger partial charge in [0.1, 0.15) is 12.6 Å². The van der Waals surface area contributed by atoms with Crippen LogP contribution in [0, 0.1) is 0 Å². The van der Waals surface area contributed by atoms with Crippen LogP contribution in [0.15, 0.2) is 12.7 Å². The third-order valence-corrected chi connectivity index (χ3v) is 1.90. The van der Waals surface area contributed by atoms with Crippen LogP contribution in [0.5, 0.6) is 0 Å². The third kappa shape index (κ3) is 5.50. The summed E-state index contributed by atoms with van der Waals surface area (Å²) in [6.07, 6.45) is 1.48. The van der Waals surface area contributed by atoms with Crippen LogP contribution in [-0.4, -0.2) is 50.2 Å². The average molecular weight is 229 g/mol. The Kier molecular flexibility index (Phi) is 7.20. The van der Waals surface area contributed by atoms with Crippen molar-refractivity contribution in [1.29, 1.82) is 0 Å². The topological polar surface area (TPSA) is 55.8 Å². The number of hydrogen-bond acceptors (Lipinski definition) is 5. The molecule has 0 amide bonds. The Bertz CT molecular complexity index is 250. The second kappa shape index (κ2) is 7.87. The molecule has 0 bridgehead atoms. The summed E-state index contributed by atoms with van der Waals surface area (Å²) in [5, 5.41) is 0. The van der Waals surface area contributed by atoms with Gasteiger partial charge in [0.2, 0.25) is 0 Å². The van der Waals surface area contributed by atoms with Gasteiger partial charge in [0.05, 0.1) is 13.0 Å². The molecule has 0 unspecified atom stereocenters. The zero-order valence-corrected chi connectivity index (χ0v) is 10.1. The van der Waals surface area contributed by atoms with E-state index in [4.69, 9.17) is 9.47 Å². The maximum Gasteiger partial charge on any atom is 0.324 e. The second-order valence-corrected chi connectivity index (χ2v) is 3.41. The van der Waals surface area contributed by atoms with Crippen LogP contribution in [0.1, 0.15) is 13.3 Å². The SMILES string of the molecule is C=CCOC(=O)[C@H](CC(=O)OCC)N(C)C. The molecule has 0 N–H and O–H groups in total. The maximum atomic E-state index is 11.6. The van der Waals surface area contributed by atoms with Gasteiger partial charge in [0, 0.05) is 0 Å². The van der Waals surface area contributed by atoms with Gasteiger partial charge in [-0.25, -0.2) is 0 Å². The molecule has 92 valence electrons. The minimum Gasteiger partial charge on any atom is -0.466 e. The van der Waals surface area contributed by atoms with Crippen LogP contribution in [0.25, 0.3) is 0 Å². The summed E-state index contributed by atoms with van der Waals surface area (Å²) in [6.45, 7) is 5.62. The number of rotatable bonds is 7. The van der Waals surface area contributed by atoms with Crippen LogP contribution in [0.2, 0.25) is 0 Å². The summed E-state index contributed by atoms with van der Waals surface area (Å²) in [5.74, 6) is -0.852. The van der Waals surface area contributed by atoms with E-state index in [1.165, 1.54) is 6.08 Å². The van der Waals surface area contributed by atoms with Crippen molar-refractivity contribution in [2.24, 2.45) is 0 Å². The highest BCUT2D eigenvalue weighted by Gasteiger charge is 2.25. The minimum absolute atomic E-state index is 0.00316. The molecule has 0 aliphatic heterocycles. The molecule has 0 aliphatic rings. The molecule has 5 heteroatoms. The van der Waals surface area contributed by atoms with Gasteiger partial charge in [-0.1, -0.05) is 12.7 Å². The zero-order chi connectivity index (χ0) is 12.6. The van der Waals surface area contributed by atoms with Gasteiger partial charge in [-0.05, 0) is 21.0 Å². The first-order chi connectivity index (χ1) is 7.52. The summed E-state index contributed by atoms with van der Waals surface area (Å²) < 4.78 is 9.67. The van der Waals surface area contributed by atoms with Gasteiger partial charge in [-0.15, -0.1) is 0 Å².